The quantitative estimate of drug-likeness (QED) is 0.280. The van der Waals surface area contributed by atoms with Gasteiger partial charge in [0.2, 0.25) is 6.29 Å². The van der Waals surface area contributed by atoms with Gasteiger partial charge in [-0.2, -0.15) is 0 Å². The van der Waals surface area contributed by atoms with Crippen LogP contribution in [0.15, 0.2) is 11.8 Å². The minimum Gasteiger partial charge on any atom is -0.471 e. The lowest BCUT2D eigenvalue weighted by atomic mass is 9.80. The number of esters is 2. The molecule has 1 aliphatic carbocycles. The number of ether oxygens (including phenoxy) is 5. The molecule has 0 aromatic heterocycles. The lowest BCUT2D eigenvalue weighted by Gasteiger charge is -2.44. The standard InChI is InChI=1S/C19H28O12/c1-7(21)29-9-4-19(2,26)12-11(9)8(16(25)27-3)6-28-17(12)31-18-15(24)14(23)13(22)10(5-20)30-18/h6,9-15,17-18,20,22-24,26H,4-5H2,1-3H3/t9-,10-,11+,12-,13-,14+,15-,17+,18+,19+/m1/s1. The van der Waals surface area contributed by atoms with Crippen molar-refractivity contribution >= 4 is 11.9 Å². The number of hydrogen-bond donors (Lipinski definition) is 5. The zero-order chi connectivity index (χ0) is 23.1. The molecule has 1 saturated heterocycles. The Kier molecular flexibility index (Phi) is 6.91. The molecule has 12 nitrogen and oxygen atoms in total. The van der Waals surface area contributed by atoms with Crippen LogP contribution in [-0.2, 0) is 33.3 Å². The van der Waals surface area contributed by atoms with Crippen LogP contribution in [0.1, 0.15) is 20.3 Å². The molecule has 2 heterocycles. The molecule has 0 aromatic carbocycles. The first-order chi connectivity index (χ1) is 14.5. The van der Waals surface area contributed by atoms with Gasteiger partial charge < -0.3 is 49.2 Å². The van der Waals surface area contributed by atoms with Gasteiger partial charge in [0.15, 0.2) is 6.29 Å². The summed E-state index contributed by atoms with van der Waals surface area (Å²) in [4.78, 5) is 23.9. The zero-order valence-electron chi connectivity index (χ0n) is 17.3. The highest BCUT2D eigenvalue weighted by molar-refractivity contribution is 5.89. The van der Waals surface area contributed by atoms with Crippen LogP contribution >= 0.6 is 0 Å². The first-order valence-corrected chi connectivity index (χ1v) is 9.81. The van der Waals surface area contributed by atoms with Crippen LogP contribution in [0, 0.1) is 11.8 Å². The Labute approximate surface area is 177 Å². The van der Waals surface area contributed by atoms with E-state index in [1.807, 2.05) is 0 Å². The molecule has 0 bridgehead atoms. The summed E-state index contributed by atoms with van der Waals surface area (Å²) >= 11 is 0. The molecule has 0 amide bonds. The lowest BCUT2D eigenvalue weighted by Crippen LogP contribution is -2.60. The zero-order valence-corrected chi connectivity index (χ0v) is 17.3. The summed E-state index contributed by atoms with van der Waals surface area (Å²) in [7, 11) is 1.17. The molecule has 0 spiro atoms. The van der Waals surface area contributed by atoms with Gasteiger partial charge in [-0.15, -0.1) is 0 Å². The maximum Gasteiger partial charge on any atom is 0.337 e. The topological polar surface area (TPSA) is 181 Å². The van der Waals surface area contributed by atoms with Crippen molar-refractivity contribution in [1.82, 2.24) is 0 Å². The first kappa shape index (κ1) is 23.9. The molecule has 2 fully saturated rings. The molecule has 176 valence electrons. The van der Waals surface area contributed by atoms with Gasteiger partial charge in [-0.25, -0.2) is 4.79 Å². The van der Waals surface area contributed by atoms with Crippen molar-refractivity contribution < 1.29 is 58.8 Å². The van der Waals surface area contributed by atoms with Crippen molar-refractivity contribution in [2.45, 2.75) is 69.0 Å². The van der Waals surface area contributed by atoms with E-state index in [0.29, 0.717) is 0 Å². The normalized spacial score (nSPS) is 44.6. The van der Waals surface area contributed by atoms with Crippen LogP contribution < -0.4 is 0 Å². The summed E-state index contributed by atoms with van der Waals surface area (Å²) in [5, 5.41) is 50.6. The van der Waals surface area contributed by atoms with Crippen molar-refractivity contribution in [2.75, 3.05) is 13.7 Å². The Bertz CT molecular complexity index is 719. The monoisotopic (exact) mass is 448 g/mol. The largest absolute Gasteiger partial charge is 0.471 e. The molecule has 2 aliphatic heterocycles. The third kappa shape index (κ3) is 4.42. The fraction of sp³-hybridized carbons (Fsp3) is 0.789. The lowest BCUT2D eigenvalue weighted by molar-refractivity contribution is -0.346. The third-order valence-corrected chi connectivity index (χ3v) is 5.96. The van der Waals surface area contributed by atoms with Gasteiger partial charge in [0.25, 0.3) is 0 Å². The molecular weight excluding hydrogens is 420 g/mol. The Morgan fingerprint density at radius 3 is 2.45 bits per heavy atom. The Balaban J connectivity index is 1.90. The molecular formula is C19H28O12. The molecule has 3 aliphatic rings. The molecule has 10 atom stereocenters. The molecule has 0 unspecified atom stereocenters. The predicted octanol–water partition coefficient (Wildman–Crippen LogP) is -2.47. The van der Waals surface area contributed by atoms with E-state index in [1.165, 1.54) is 21.0 Å². The van der Waals surface area contributed by atoms with Crippen molar-refractivity contribution in [2.24, 2.45) is 11.8 Å². The van der Waals surface area contributed by atoms with Crippen LogP contribution in [0.2, 0.25) is 0 Å². The number of hydrogen-bond acceptors (Lipinski definition) is 12. The van der Waals surface area contributed by atoms with Crippen LogP contribution in [0.5, 0.6) is 0 Å². The second-order valence-electron chi connectivity index (χ2n) is 8.16. The maximum absolute atomic E-state index is 12.3. The number of carbonyl (C=O) groups is 2. The predicted molar refractivity (Wildman–Crippen MR) is 97.6 cm³/mol. The minimum atomic E-state index is -1.69. The molecule has 5 N–H and O–H groups in total. The van der Waals surface area contributed by atoms with Crippen LogP contribution in [0.25, 0.3) is 0 Å². The second kappa shape index (κ2) is 8.98. The second-order valence-corrected chi connectivity index (χ2v) is 8.16. The van der Waals surface area contributed by atoms with Crippen molar-refractivity contribution in [3.63, 3.8) is 0 Å². The summed E-state index contributed by atoms with van der Waals surface area (Å²) in [6.45, 7) is 2.01. The average Bonchev–Trinajstić information content (AvgIpc) is 2.98. The minimum absolute atomic E-state index is 0.0326. The number of aliphatic hydroxyl groups is 5. The molecule has 0 aromatic rings. The van der Waals surface area contributed by atoms with Crippen LogP contribution in [0.4, 0.5) is 0 Å². The summed E-state index contributed by atoms with van der Waals surface area (Å²) in [6.07, 6.45) is -8.82. The van der Waals surface area contributed by atoms with Crippen molar-refractivity contribution in [1.29, 1.82) is 0 Å². The van der Waals surface area contributed by atoms with Gasteiger partial charge in [0.1, 0.15) is 30.5 Å². The fourth-order valence-electron chi connectivity index (χ4n) is 4.51. The average molecular weight is 448 g/mol. The Morgan fingerprint density at radius 1 is 1.19 bits per heavy atom. The number of methoxy groups -OCH3 is 1. The van der Waals surface area contributed by atoms with Crippen molar-refractivity contribution in [3.8, 4) is 0 Å². The van der Waals surface area contributed by atoms with E-state index in [4.69, 9.17) is 23.7 Å². The number of rotatable bonds is 5. The van der Waals surface area contributed by atoms with E-state index >= 15 is 0 Å². The summed E-state index contributed by atoms with van der Waals surface area (Å²) in [6, 6.07) is 0. The molecule has 3 rings (SSSR count). The van der Waals surface area contributed by atoms with E-state index in [2.05, 4.69) is 0 Å². The van der Waals surface area contributed by atoms with Gasteiger partial charge in [0, 0.05) is 19.3 Å². The van der Waals surface area contributed by atoms with E-state index in [9.17, 15) is 35.1 Å². The van der Waals surface area contributed by atoms with E-state index in [0.717, 1.165) is 6.26 Å². The van der Waals surface area contributed by atoms with E-state index < -0.39 is 79.1 Å². The van der Waals surface area contributed by atoms with E-state index in [-0.39, 0.29) is 12.0 Å². The summed E-state index contributed by atoms with van der Waals surface area (Å²) < 4.78 is 26.6. The number of fused-ring (bicyclic) bond motifs is 1. The van der Waals surface area contributed by atoms with Crippen molar-refractivity contribution in [3.05, 3.63) is 11.8 Å². The fourth-order valence-corrected chi connectivity index (χ4v) is 4.51. The van der Waals surface area contributed by atoms with Gasteiger partial charge in [-0.1, -0.05) is 0 Å². The third-order valence-electron chi connectivity index (χ3n) is 5.96. The number of aliphatic hydroxyl groups excluding tert-OH is 4. The number of carbonyl (C=O) groups excluding carboxylic acids is 2. The molecule has 31 heavy (non-hydrogen) atoms. The van der Waals surface area contributed by atoms with Gasteiger partial charge in [0.05, 0.1) is 37.1 Å². The van der Waals surface area contributed by atoms with Gasteiger partial charge >= 0.3 is 11.9 Å². The van der Waals surface area contributed by atoms with Gasteiger partial charge in [-0.05, 0) is 6.92 Å². The SMILES string of the molecule is COC(=O)C1=CO[C@@H](O[C@@H]2O[C@H](CO)[C@@H](O)[C@H](O)[C@H]2O)[C@H]2[C@@H]1[C@H](OC(C)=O)C[C@]2(C)O. The molecule has 12 heteroatoms. The molecule has 1 saturated carbocycles. The van der Waals surface area contributed by atoms with E-state index in [1.54, 1.807) is 0 Å². The summed E-state index contributed by atoms with van der Waals surface area (Å²) in [5.74, 6) is -3.15. The highest BCUT2D eigenvalue weighted by Crippen LogP contribution is 2.50. The van der Waals surface area contributed by atoms with Crippen LogP contribution in [-0.4, -0.2) is 99.9 Å². The molecule has 0 radical (unpaired) electrons. The van der Waals surface area contributed by atoms with Crippen LogP contribution in [0.3, 0.4) is 0 Å². The highest BCUT2D eigenvalue weighted by Gasteiger charge is 2.61. The summed E-state index contributed by atoms with van der Waals surface area (Å²) in [5.41, 5.74) is -1.50. The first-order valence-electron chi connectivity index (χ1n) is 9.81. The Hall–Kier alpha value is -1.80. The smallest absolute Gasteiger partial charge is 0.337 e. The highest BCUT2D eigenvalue weighted by atomic mass is 16.8. The maximum atomic E-state index is 12.3. The Morgan fingerprint density at radius 2 is 1.87 bits per heavy atom. The van der Waals surface area contributed by atoms with Gasteiger partial charge in [-0.3, -0.25) is 4.79 Å².